The zero-order chi connectivity index (χ0) is 15.5. The summed E-state index contributed by atoms with van der Waals surface area (Å²) in [6, 6.07) is 1.81. The lowest BCUT2D eigenvalue weighted by Crippen LogP contribution is -2.42. The monoisotopic (exact) mass is 344 g/mol. The molecule has 0 aromatic carbocycles. The molecule has 0 aliphatic heterocycles. The summed E-state index contributed by atoms with van der Waals surface area (Å²) in [5, 5.41) is 9.05. The molecule has 20 heavy (non-hydrogen) atoms. The van der Waals surface area contributed by atoms with E-state index in [4.69, 9.17) is 15.6 Å². The van der Waals surface area contributed by atoms with Gasteiger partial charge in [0.05, 0.1) is 0 Å². The molecule has 2 unspecified atom stereocenters. The van der Waals surface area contributed by atoms with E-state index in [1.54, 1.807) is 32.9 Å². The predicted octanol–water partition coefficient (Wildman–Crippen LogP) is 1.68. The summed E-state index contributed by atoms with van der Waals surface area (Å²) >= 11 is 3.17. The predicted molar refractivity (Wildman–Crippen MR) is 76.1 cm³/mol. The molecule has 0 amide bonds. The highest BCUT2D eigenvalue weighted by atomic mass is 79.9. The minimum atomic E-state index is -1.40. The Morgan fingerprint density at radius 1 is 1.40 bits per heavy atom. The van der Waals surface area contributed by atoms with Crippen LogP contribution in [0.3, 0.4) is 0 Å². The fraction of sp³-hybridized carbons (Fsp3) is 0.462. The summed E-state index contributed by atoms with van der Waals surface area (Å²) in [5.74, 6) is -3.06. The first kappa shape index (κ1) is 16.6. The highest BCUT2D eigenvalue weighted by molar-refractivity contribution is 9.10. The average Bonchev–Trinajstić information content (AvgIpc) is 2.29. The third-order valence-corrected chi connectivity index (χ3v) is 2.88. The van der Waals surface area contributed by atoms with Crippen LogP contribution in [0.25, 0.3) is 0 Å². The lowest BCUT2D eigenvalue weighted by Gasteiger charge is -2.25. The third-order valence-electron chi connectivity index (χ3n) is 2.41. The standard InChI is InChI=1S/C13H17BrN2O4/c1-13(2,3)20-12(19)9(10(15)11(17)18)7-4-5-8(14)16-6-7/h4-6,9-10H,15H2,1-3H3,(H,17,18). The van der Waals surface area contributed by atoms with Crippen molar-refractivity contribution in [1.82, 2.24) is 4.98 Å². The zero-order valence-corrected chi connectivity index (χ0v) is 13.0. The first-order valence-corrected chi connectivity index (χ1v) is 6.74. The molecule has 0 fully saturated rings. The maximum Gasteiger partial charge on any atom is 0.321 e. The van der Waals surface area contributed by atoms with Crippen LogP contribution in [0.1, 0.15) is 32.3 Å². The van der Waals surface area contributed by atoms with Crippen molar-refractivity contribution < 1.29 is 19.4 Å². The van der Waals surface area contributed by atoms with Crippen molar-refractivity contribution >= 4 is 27.9 Å². The average molecular weight is 345 g/mol. The molecule has 0 radical (unpaired) electrons. The van der Waals surface area contributed by atoms with E-state index in [0.717, 1.165) is 0 Å². The number of carboxylic acids is 1. The summed E-state index contributed by atoms with van der Waals surface area (Å²) in [5.41, 5.74) is 5.29. The number of aliphatic carboxylic acids is 1. The Bertz CT molecular complexity index is 496. The van der Waals surface area contributed by atoms with Crippen molar-refractivity contribution in [1.29, 1.82) is 0 Å². The molecule has 0 aliphatic carbocycles. The largest absolute Gasteiger partial charge is 0.480 e. The molecule has 1 aromatic heterocycles. The van der Waals surface area contributed by atoms with Crippen LogP contribution in [0.4, 0.5) is 0 Å². The van der Waals surface area contributed by atoms with Gasteiger partial charge in [-0.3, -0.25) is 9.59 Å². The van der Waals surface area contributed by atoms with E-state index in [2.05, 4.69) is 20.9 Å². The van der Waals surface area contributed by atoms with Gasteiger partial charge in [0.2, 0.25) is 0 Å². The van der Waals surface area contributed by atoms with Gasteiger partial charge >= 0.3 is 11.9 Å². The van der Waals surface area contributed by atoms with Gasteiger partial charge in [0.1, 0.15) is 22.2 Å². The Hall–Kier alpha value is -1.47. The number of carboxylic acid groups (broad SMARTS) is 1. The molecule has 3 N–H and O–H groups in total. The van der Waals surface area contributed by atoms with E-state index >= 15 is 0 Å². The third kappa shape index (κ3) is 4.57. The van der Waals surface area contributed by atoms with E-state index in [1.807, 2.05) is 0 Å². The Morgan fingerprint density at radius 3 is 2.40 bits per heavy atom. The van der Waals surface area contributed by atoms with Crippen molar-refractivity contribution in [3.63, 3.8) is 0 Å². The minimum absolute atomic E-state index is 0.400. The number of hydrogen-bond donors (Lipinski definition) is 2. The number of hydrogen-bond acceptors (Lipinski definition) is 5. The summed E-state index contributed by atoms with van der Waals surface area (Å²) in [4.78, 5) is 27.3. The van der Waals surface area contributed by atoms with Crippen LogP contribution in [0.15, 0.2) is 22.9 Å². The molecule has 7 heteroatoms. The Kier molecular flexibility index (Phi) is 5.24. The number of rotatable bonds is 4. The van der Waals surface area contributed by atoms with E-state index in [-0.39, 0.29) is 0 Å². The van der Waals surface area contributed by atoms with Gasteiger partial charge in [-0.1, -0.05) is 6.07 Å². The Balaban J connectivity index is 3.12. The van der Waals surface area contributed by atoms with Crippen molar-refractivity contribution in [3.8, 4) is 0 Å². The molecule has 1 rings (SSSR count). The Labute approximate surface area is 125 Å². The van der Waals surface area contributed by atoms with E-state index in [9.17, 15) is 9.59 Å². The molecule has 0 saturated carbocycles. The number of nitrogens with two attached hydrogens (primary N) is 1. The van der Waals surface area contributed by atoms with Gasteiger partial charge in [0.15, 0.2) is 0 Å². The number of nitrogens with zero attached hydrogens (tertiary/aromatic N) is 1. The lowest BCUT2D eigenvalue weighted by atomic mass is 9.93. The van der Waals surface area contributed by atoms with Crippen LogP contribution in [0.5, 0.6) is 0 Å². The quantitative estimate of drug-likeness (QED) is 0.636. The van der Waals surface area contributed by atoms with Gasteiger partial charge in [-0.05, 0) is 48.3 Å². The van der Waals surface area contributed by atoms with Crippen molar-refractivity contribution in [2.75, 3.05) is 0 Å². The Morgan fingerprint density at radius 2 is 2.00 bits per heavy atom. The number of ether oxygens (including phenoxy) is 1. The highest BCUT2D eigenvalue weighted by Gasteiger charge is 2.35. The summed E-state index contributed by atoms with van der Waals surface area (Å²) in [6.07, 6.45) is 1.40. The molecule has 2 atom stereocenters. The molecule has 0 spiro atoms. The first-order valence-electron chi connectivity index (χ1n) is 5.94. The first-order chi connectivity index (χ1) is 9.11. The van der Waals surface area contributed by atoms with Crippen molar-refractivity contribution in [2.45, 2.75) is 38.3 Å². The van der Waals surface area contributed by atoms with Crippen molar-refractivity contribution in [2.24, 2.45) is 5.73 Å². The smallest absolute Gasteiger partial charge is 0.321 e. The number of halogens is 1. The molecule has 0 aliphatic rings. The van der Waals surface area contributed by atoms with E-state index in [1.165, 1.54) is 6.20 Å². The molecule has 1 heterocycles. The van der Waals surface area contributed by atoms with Crippen LogP contribution < -0.4 is 5.73 Å². The van der Waals surface area contributed by atoms with Gasteiger partial charge in [-0.2, -0.15) is 0 Å². The topological polar surface area (TPSA) is 103 Å². The summed E-state index contributed by atoms with van der Waals surface area (Å²) in [6.45, 7) is 5.11. The van der Waals surface area contributed by atoms with Crippen LogP contribution in [0, 0.1) is 0 Å². The molecule has 1 aromatic rings. The van der Waals surface area contributed by atoms with E-state index in [0.29, 0.717) is 10.2 Å². The van der Waals surface area contributed by atoms with Crippen LogP contribution >= 0.6 is 15.9 Å². The number of esters is 1. The van der Waals surface area contributed by atoms with Crippen LogP contribution in [-0.4, -0.2) is 33.7 Å². The fourth-order valence-electron chi connectivity index (χ4n) is 1.57. The second-order valence-electron chi connectivity index (χ2n) is 5.29. The van der Waals surface area contributed by atoms with Crippen LogP contribution in [0.2, 0.25) is 0 Å². The maximum atomic E-state index is 12.2. The minimum Gasteiger partial charge on any atom is -0.480 e. The van der Waals surface area contributed by atoms with Crippen LogP contribution in [-0.2, 0) is 14.3 Å². The fourth-order valence-corrected chi connectivity index (χ4v) is 1.80. The number of carbonyl (C=O) groups is 2. The number of pyridine rings is 1. The van der Waals surface area contributed by atoms with E-state index < -0.39 is 29.5 Å². The highest BCUT2D eigenvalue weighted by Crippen LogP contribution is 2.24. The number of carbonyl (C=O) groups excluding carboxylic acids is 1. The zero-order valence-electron chi connectivity index (χ0n) is 11.5. The summed E-state index contributed by atoms with van der Waals surface area (Å²) in [7, 11) is 0. The summed E-state index contributed by atoms with van der Waals surface area (Å²) < 4.78 is 5.81. The number of aromatic nitrogens is 1. The lowest BCUT2D eigenvalue weighted by molar-refractivity contribution is -0.160. The second-order valence-corrected chi connectivity index (χ2v) is 6.10. The normalized spacial score (nSPS) is 14.4. The molecule has 0 bridgehead atoms. The van der Waals surface area contributed by atoms with Gasteiger partial charge < -0.3 is 15.6 Å². The van der Waals surface area contributed by atoms with Gasteiger partial charge in [0, 0.05) is 6.20 Å². The van der Waals surface area contributed by atoms with Gasteiger partial charge in [0.25, 0.3) is 0 Å². The van der Waals surface area contributed by atoms with Crippen molar-refractivity contribution in [3.05, 3.63) is 28.5 Å². The second kappa shape index (κ2) is 6.32. The SMILES string of the molecule is CC(C)(C)OC(=O)C(c1ccc(Br)nc1)C(N)C(=O)O. The van der Waals surface area contributed by atoms with Gasteiger partial charge in [-0.25, -0.2) is 4.98 Å². The maximum absolute atomic E-state index is 12.2. The molecular formula is C13H17BrN2O4. The molecule has 6 nitrogen and oxygen atoms in total. The molecular weight excluding hydrogens is 328 g/mol. The molecule has 110 valence electrons. The van der Waals surface area contributed by atoms with Gasteiger partial charge in [-0.15, -0.1) is 0 Å². The molecule has 0 saturated heterocycles.